The summed E-state index contributed by atoms with van der Waals surface area (Å²) >= 11 is 0. The smallest absolute Gasteiger partial charge is 0.188 e. The minimum atomic E-state index is -0.568. The van der Waals surface area contributed by atoms with E-state index >= 15 is 0 Å². The zero-order valence-electron chi connectivity index (χ0n) is 10.2. The Bertz CT molecular complexity index is 405. The van der Waals surface area contributed by atoms with Crippen LogP contribution in [0.4, 0.5) is 0 Å². The number of hydrogen-bond acceptors (Lipinski definition) is 4. The van der Waals surface area contributed by atoms with Gasteiger partial charge in [-0.15, -0.1) is 0 Å². The van der Waals surface area contributed by atoms with E-state index in [1.165, 1.54) is 0 Å². The van der Waals surface area contributed by atoms with Crippen molar-refractivity contribution in [1.29, 1.82) is 0 Å². The second-order valence-electron chi connectivity index (χ2n) is 4.11. The quantitative estimate of drug-likeness (QED) is 0.588. The average Bonchev–Trinajstić information content (AvgIpc) is 2.45. The van der Waals surface area contributed by atoms with Crippen molar-refractivity contribution in [2.45, 2.75) is 19.3 Å². The molecule has 1 fully saturated rings. The fraction of sp³-hybridized carbons (Fsp3) is 0.357. The van der Waals surface area contributed by atoms with Gasteiger partial charge in [0.25, 0.3) is 0 Å². The average molecular weight is 247 g/mol. The van der Waals surface area contributed by atoms with Gasteiger partial charge in [-0.05, 0) is 18.6 Å². The summed E-state index contributed by atoms with van der Waals surface area (Å²) in [4.78, 5) is 12.6. The van der Waals surface area contributed by atoms with E-state index in [1.54, 1.807) is 4.90 Å². The number of aldehydes is 1. The van der Waals surface area contributed by atoms with Gasteiger partial charge in [0.1, 0.15) is 6.61 Å². The molecule has 1 atom stereocenters. The molecule has 1 aliphatic heterocycles. The zero-order valence-corrected chi connectivity index (χ0v) is 10.2. The highest BCUT2D eigenvalue weighted by atomic mass is 16.5. The third-order valence-corrected chi connectivity index (χ3v) is 2.82. The van der Waals surface area contributed by atoms with E-state index in [0.717, 1.165) is 24.8 Å². The van der Waals surface area contributed by atoms with Gasteiger partial charge in [-0.2, -0.15) is 0 Å². The van der Waals surface area contributed by atoms with Crippen molar-refractivity contribution in [1.82, 2.24) is 4.90 Å². The van der Waals surface area contributed by atoms with Crippen molar-refractivity contribution in [3.8, 4) is 0 Å². The minimum Gasteiger partial charge on any atom is -0.475 e. The number of ether oxygens (including phenoxy) is 2. The molecule has 0 bridgehead atoms. The summed E-state index contributed by atoms with van der Waals surface area (Å²) in [7, 11) is 0. The molecule has 0 amide bonds. The Morgan fingerprint density at radius 3 is 3.00 bits per heavy atom. The van der Waals surface area contributed by atoms with Gasteiger partial charge >= 0.3 is 0 Å². The molecule has 18 heavy (non-hydrogen) atoms. The lowest BCUT2D eigenvalue weighted by atomic mass is 10.2. The summed E-state index contributed by atoms with van der Waals surface area (Å²) in [6, 6.07) is 9.84. The predicted octanol–water partition coefficient (Wildman–Crippen LogP) is 1.92. The van der Waals surface area contributed by atoms with E-state index in [4.69, 9.17) is 9.47 Å². The molecule has 2 rings (SSSR count). The van der Waals surface area contributed by atoms with Crippen LogP contribution in [0.5, 0.6) is 0 Å². The number of nitrogens with zero attached hydrogens (tertiary/aromatic N) is 1. The first kappa shape index (κ1) is 12.6. The Morgan fingerprint density at radius 2 is 2.28 bits per heavy atom. The van der Waals surface area contributed by atoms with E-state index in [-0.39, 0.29) is 0 Å². The number of carbonyl (C=O) groups is 1. The van der Waals surface area contributed by atoms with Gasteiger partial charge in [0.2, 0.25) is 0 Å². The van der Waals surface area contributed by atoms with Crippen LogP contribution in [0.2, 0.25) is 0 Å². The van der Waals surface area contributed by atoms with Gasteiger partial charge in [-0.1, -0.05) is 30.3 Å². The minimum absolute atomic E-state index is 0.446. The maximum atomic E-state index is 10.9. The molecule has 0 radical (unpaired) electrons. The second kappa shape index (κ2) is 6.21. The Kier molecular flexibility index (Phi) is 4.36. The molecular weight excluding hydrogens is 230 g/mol. The van der Waals surface area contributed by atoms with Crippen molar-refractivity contribution in [3.05, 3.63) is 48.4 Å². The molecule has 0 saturated carbocycles. The monoisotopic (exact) mass is 247 g/mol. The highest BCUT2D eigenvalue weighted by molar-refractivity contribution is 5.56. The molecule has 96 valence electrons. The van der Waals surface area contributed by atoms with Gasteiger partial charge in [0, 0.05) is 6.54 Å². The largest absolute Gasteiger partial charge is 0.475 e. The summed E-state index contributed by atoms with van der Waals surface area (Å²) in [6.45, 7) is 5.64. The molecule has 1 aromatic rings. The van der Waals surface area contributed by atoms with E-state index in [2.05, 4.69) is 6.58 Å². The maximum Gasteiger partial charge on any atom is 0.188 e. The van der Waals surface area contributed by atoms with E-state index in [1.807, 2.05) is 30.3 Å². The summed E-state index contributed by atoms with van der Waals surface area (Å²) in [5, 5.41) is 0. The molecule has 1 aliphatic rings. The van der Waals surface area contributed by atoms with Crippen LogP contribution in [0.1, 0.15) is 12.0 Å². The molecule has 0 aromatic heterocycles. The third kappa shape index (κ3) is 3.11. The molecular formula is C14H17NO3. The maximum absolute atomic E-state index is 10.9. The Labute approximate surface area is 107 Å². The van der Waals surface area contributed by atoms with E-state index in [9.17, 15) is 4.79 Å². The van der Waals surface area contributed by atoms with Crippen molar-refractivity contribution < 1.29 is 14.3 Å². The fourth-order valence-electron chi connectivity index (χ4n) is 1.86. The highest BCUT2D eigenvalue weighted by Gasteiger charge is 2.24. The summed E-state index contributed by atoms with van der Waals surface area (Å²) in [5.41, 5.74) is 1.07. The van der Waals surface area contributed by atoms with Gasteiger partial charge in [-0.3, -0.25) is 4.79 Å². The summed E-state index contributed by atoms with van der Waals surface area (Å²) < 4.78 is 10.9. The van der Waals surface area contributed by atoms with Crippen molar-refractivity contribution in [2.75, 3.05) is 13.2 Å². The van der Waals surface area contributed by atoms with Crippen LogP contribution < -0.4 is 0 Å². The highest BCUT2D eigenvalue weighted by Crippen LogP contribution is 2.16. The van der Waals surface area contributed by atoms with Crippen LogP contribution in [0.25, 0.3) is 0 Å². The molecule has 1 heterocycles. The molecule has 4 nitrogen and oxygen atoms in total. The normalized spacial score (nSPS) is 19.3. The topological polar surface area (TPSA) is 38.8 Å². The van der Waals surface area contributed by atoms with E-state index in [0.29, 0.717) is 19.1 Å². The number of carbonyl (C=O) groups excluding carboxylic acids is 1. The molecule has 0 N–H and O–H groups in total. The van der Waals surface area contributed by atoms with Gasteiger partial charge in [-0.25, -0.2) is 0 Å². The van der Waals surface area contributed by atoms with Crippen LogP contribution >= 0.6 is 0 Å². The van der Waals surface area contributed by atoms with Gasteiger partial charge in [0.05, 0.1) is 6.61 Å². The summed E-state index contributed by atoms with van der Waals surface area (Å²) in [6.07, 6.45) is 1.08. The summed E-state index contributed by atoms with van der Waals surface area (Å²) in [5.74, 6) is 0.482. The number of rotatable bonds is 5. The SMILES string of the molecule is C=C(OCc1ccccc1)N1CCCOC1C=O. The number of benzene rings is 1. The Balaban J connectivity index is 1.89. The first-order valence-electron chi connectivity index (χ1n) is 6.00. The van der Waals surface area contributed by atoms with Crippen LogP contribution in [0.15, 0.2) is 42.8 Å². The van der Waals surface area contributed by atoms with Crippen LogP contribution in [0, 0.1) is 0 Å². The Hall–Kier alpha value is -1.81. The van der Waals surface area contributed by atoms with Gasteiger partial charge < -0.3 is 14.4 Å². The van der Waals surface area contributed by atoms with Crippen LogP contribution in [-0.2, 0) is 20.9 Å². The number of hydrogen-bond donors (Lipinski definition) is 0. The first-order chi connectivity index (χ1) is 8.81. The molecule has 1 unspecified atom stereocenters. The molecule has 1 saturated heterocycles. The van der Waals surface area contributed by atoms with E-state index < -0.39 is 6.23 Å². The lowest BCUT2D eigenvalue weighted by Crippen LogP contribution is -2.43. The third-order valence-electron chi connectivity index (χ3n) is 2.82. The first-order valence-corrected chi connectivity index (χ1v) is 6.00. The lowest BCUT2D eigenvalue weighted by molar-refractivity contribution is -0.141. The van der Waals surface area contributed by atoms with Crippen LogP contribution in [0.3, 0.4) is 0 Å². The second-order valence-corrected chi connectivity index (χ2v) is 4.11. The van der Waals surface area contributed by atoms with Crippen molar-refractivity contribution in [3.63, 3.8) is 0 Å². The fourth-order valence-corrected chi connectivity index (χ4v) is 1.86. The van der Waals surface area contributed by atoms with Gasteiger partial charge in [0.15, 0.2) is 18.4 Å². The molecule has 1 aromatic carbocycles. The van der Waals surface area contributed by atoms with Crippen molar-refractivity contribution in [2.24, 2.45) is 0 Å². The van der Waals surface area contributed by atoms with Crippen molar-refractivity contribution >= 4 is 6.29 Å². The standard InChI is InChI=1S/C14H17NO3/c1-12(15-8-5-9-17-14(15)10-16)18-11-13-6-3-2-4-7-13/h2-4,6-7,10,14H,1,5,8-9,11H2. The van der Waals surface area contributed by atoms with Crippen LogP contribution in [-0.4, -0.2) is 30.6 Å². The Morgan fingerprint density at radius 1 is 1.50 bits per heavy atom. The molecule has 0 spiro atoms. The lowest BCUT2D eigenvalue weighted by Gasteiger charge is -2.34. The molecule has 4 heteroatoms. The predicted molar refractivity (Wildman–Crippen MR) is 67.5 cm³/mol. The zero-order chi connectivity index (χ0) is 12.8. The molecule has 0 aliphatic carbocycles.